The largest absolute Gasteiger partial charge is 1.00 e. The molecule has 0 aliphatic heterocycles. The van der Waals surface area contributed by atoms with Crippen molar-refractivity contribution in [1.82, 2.24) is 0 Å². The topological polar surface area (TPSA) is 72.7 Å². The van der Waals surface area contributed by atoms with Gasteiger partial charge in [-0.1, -0.05) is 41.4 Å². The number of aliphatic carboxylic acids is 1. The van der Waals surface area contributed by atoms with E-state index >= 15 is 0 Å². The fourth-order valence-electron chi connectivity index (χ4n) is 2.22. The second kappa shape index (κ2) is 9.84. The molecule has 0 bridgehead atoms. The van der Waals surface area contributed by atoms with Gasteiger partial charge in [0, 0.05) is 28.7 Å². The molecule has 0 aromatic heterocycles. The van der Waals surface area contributed by atoms with Crippen LogP contribution in [0, 0.1) is 6.92 Å². The molecule has 0 unspecified atom stereocenters. The van der Waals surface area contributed by atoms with Crippen LogP contribution in [-0.2, 0) is 4.79 Å². The normalized spacial score (nSPS) is 11.0. The van der Waals surface area contributed by atoms with Crippen LogP contribution in [0.2, 0.25) is 5.02 Å². The molecule has 0 aliphatic rings. The number of phenols is 1. The Morgan fingerprint density at radius 2 is 1.92 bits per heavy atom. The van der Waals surface area contributed by atoms with Gasteiger partial charge < -0.3 is 15.0 Å². The van der Waals surface area contributed by atoms with E-state index in [9.17, 15) is 15.0 Å². The molecule has 24 heavy (non-hydrogen) atoms. The van der Waals surface area contributed by atoms with Crippen molar-refractivity contribution in [2.75, 3.05) is 6.54 Å². The average molecular weight is 354 g/mol. The summed E-state index contributed by atoms with van der Waals surface area (Å²) in [4.78, 5) is 15.0. The van der Waals surface area contributed by atoms with E-state index in [0.29, 0.717) is 34.8 Å². The number of aryl methyl sites for hydroxylation is 1. The Labute approximate surface area is 168 Å². The molecule has 0 spiro atoms. The second-order valence-electron chi connectivity index (χ2n) is 5.21. The van der Waals surface area contributed by atoms with Crippen LogP contribution in [0.25, 0.3) is 0 Å². The number of carboxylic acid groups (broad SMARTS) is 1. The summed E-state index contributed by atoms with van der Waals surface area (Å²) in [5.41, 5.74) is 2.80. The molecule has 6 heteroatoms. The molecule has 4 nitrogen and oxygen atoms in total. The van der Waals surface area contributed by atoms with Gasteiger partial charge >= 0.3 is 29.6 Å². The minimum atomic E-state index is -1.10. The predicted molar refractivity (Wildman–Crippen MR) is 89.0 cm³/mol. The number of halogens is 1. The summed E-state index contributed by atoms with van der Waals surface area (Å²) in [5.74, 6) is -0.993. The van der Waals surface area contributed by atoms with E-state index in [-0.39, 0.29) is 41.7 Å². The Balaban J connectivity index is 0.00000288. The van der Waals surface area contributed by atoms with Crippen LogP contribution in [0.15, 0.2) is 47.5 Å². The van der Waals surface area contributed by atoms with Gasteiger partial charge in [-0.2, -0.15) is 0 Å². The third-order valence-corrected chi connectivity index (χ3v) is 3.67. The summed E-state index contributed by atoms with van der Waals surface area (Å²) in [5, 5.41) is 21.2. The Morgan fingerprint density at radius 3 is 2.58 bits per heavy atom. The van der Waals surface area contributed by atoms with Crippen LogP contribution in [-0.4, -0.2) is 23.3 Å². The summed E-state index contributed by atoms with van der Waals surface area (Å²) < 4.78 is 0. The zero-order valence-corrected chi connectivity index (χ0v) is 16.5. The van der Waals surface area contributed by atoms with Crippen molar-refractivity contribution in [2.24, 2.45) is 4.99 Å². The number of benzene rings is 2. The molecular weight excluding hydrogens is 337 g/mol. The van der Waals surface area contributed by atoms with Crippen molar-refractivity contribution in [1.29, 1.82) is 0 Å². The van der Waals surface area contributed by atoms with Crippen LogP contribution in [0.5, 0.6) is 5.75 Å². The van der Waals surface area contributed by atoms with Gasteiger partial charge in [0.1, 0.15) is 5.75 Å². The fraction of sp³-hybridized carbons (Fsp3) is 0.222. The Bertz CT molecular complexity index is 747. The number of hydrogen-bond donors (Lipinski definition) is 1. The van der Waals surface area contributed by atoms with Crippen molar-refractivity contribution in [3.63, 3.8) is 0 Å². The molecule has 2 aromatic carbocycles. The third kappa shape index (κ3) is 5.64. The van der Waals surface area contributed by atoms with E-state index in [4.69, 9.17) is 11.6 Å². The molecule has 0 aliphatic carbocycles. The van der Waals surface area contributed by atoms with Gasteiger partial charge in [0.15, 0.2) is 0 Å². The number of aliphatic imine (C=N–C) groups is 1. The maximum atomic E-state index is 10.5. The summed E-state index contributed by atoms with van der Waals surface area (Å²) in [7, 11) is 0. The minimum Gasteiger partial charge on any atom is -0.550 e. The maximum absolute atomic E-state index is 10.5. The first kappa shape index (κ1) is 20.7. The quantitative estimate of drug-likeness (QED) is 0.441. The maximum Gasteiger partial charge on any atom is 1.00 e. The van der Waals surface area contributed by atoms with Crippen molar-refractivity contribution >= 4 is 23.3 Å². The standard InChI is InChI=1S/C18H18ClNO3.Na/c1-12-8-9-16(21)14(11-12)18(20-10-4-7-17(22)23)13-5-2-3-6-15(13)19;/h2-3,5-6,8-9,11,21H,4,7,10H2,1H3,(H,22,23);/q;+1/p-1. The molecule has 0 saturated carbocycles. The van der Waals surface area contributed by atoms with E-state index in [0.717, 1.165) is 5.56 Å². The summed E-state index contributed by atoms with van der Waals surface area (Å²) in [6.07, 6.45) is 0.308. The van der Waals surface area contributed by atoms with Crippen LogP contribution in [0.3, 0.4) is 0 Å². The van der Waals surface area contributed by atoms with Crippen molar-refractivity contribution in [2.45, 2.75) is 19.8 Å². The first-order valence-corrected chi connectivity index (χ1v) is 7.66. The molecule has 0 heterocycles. The minimum absolute atomic E-state index is 0. The molecule has 2 rings (SSSR count). The predicted octanol–water partition coefficient (Wildman–Crippen LogP) is -0.274. The number of carboxylic acids is 1. The Morgan fingerprint density at radius 1 is 1.21 bits per heavy atom. The van der Waals surface area contributed by atoms with Crippen molar-refractivity contribution in [3.8, 4) is 5.75 Å². The zero-order chi connectivity index (χ0) is 16.8. The van der Waals surface area contributed by atoms with Gasteiger partial charge in [-0.15, -0.1) is 0 Å². The van der Waals surface area contributed by atoms with E-state index in [1.54, 1.807) is 18.2 Å². The third-order valence-electron chi connectivity index (χ3n) is 3.35. The van der Waals surface area contributed by atoms with E-state index in [2.05, 4.69) is 4.99 Å². The van der Waals surface area contributed by atoms with Gasteiger partial charge in [-0.25, -0.2) is 0 Å². The number of carbonyl (C=O) groups excluding carboxylic acids is 1. The van der Waals surface area contributed by atoms with Gasteiger partial charge in [0.05, 0.1) is 5.71 Å². The first-order valence-electron chi connectivity index (χ1n) is 7.28. The van der Waals surface area contributed by atoms with Crippen molar-refractivity contribution < 1.29 is 44.6 Å². The Kier molecular flexibility index (Phi) is 8.50. The molecule has 120 valence electrons. The SMILES string of the molecule is Cc1ccc(O)c(C(=NCCCC(=O)[O-])c2ccccc2Cl)c1.[Na+]. The molecule has 2 aromatic rings. The smallest absolute Gasteiger partial charge is 0.550 e. The summed E-state index contributed by atoms with van der Waals surface area (Å²) in [6, 6.07) is 12.5. The number of phenolic OH excluding ortho intramolecular Hbond substituents is 1. The molecule has 0 fully saturated rings. The van der Waals surface area contributed by atoms with E-state index in [1.165, 1.54) is 0 Å². The van der Waals surface area contributed by atoms with Crippen LogP contribution in [0.1, 0.15) is 29.5 Å². The van der Waals surface area contributed by atoms with Crippen molar-refractivity contribution in [3.05, 3.63) is 64.2 Å². The molecular formula is C18H17ClNNaO3. The number of nitrogens with zero attached hydrogens (tertiary/aromatic N) is 1. The second-order valence-corrected chi connectivity index (χ2v) is 5.61. The number of hydrogen-bond acceptors (Lipinski definition) is 4. The zero-order valence-electron chi connectivity index (χ0n) is 13.8. The van der Waals surface area contributed by atoms with Gasteiger partial charge in [0.25, 0.3) is 0 Å². The molecule has 0 atom stereocenters. The monoisotopic (exact) mass is 353 g/mol. The molecule has 1 N–H and O–H groups in total. The molecule has 0 saturated heterocycles. The van der Waals surface area contributed by atoms with Crippen LogP contribution >= 0.6 is 11.6 Å². The van der Waals surface area contributed by atoms with Gasteiger partial charge in [0.2, 0.25) is 0 Å². The number of rotatable bonds is 6. The first-order chi connectivity index (χ1) is 11.0. The van der Waals surface area contributed by atoms with Crippen LogP contribution < -0.4 is 34.7 Å². The molecule has 0 radical (unpaired) electrons. The number of aromatic hydroxyl groups is 1. The average Bonchev–Trinajstić information content (AvgIpc) is 2.51. The summed E-state index contributed by atoms with van der Waals surface area (Å²) in [6.45, 7) is 2.23. The molecule has 0 amide bonds. The summed E-state index contributed by atoms with van der Waals surface area (Å²) >= 11 is 6.26. The van der Waals surface area contributed by atoms with Gasteiger partial charge in [-0.05, 0) is 38.0 Å². The Hall–Kier alpha value is -1.33. The van der Waals surface area contributed by atoms with Crippen LogP contribution in [0.4, 0.5) is 0 Å². The van der Waals surface area contributed by atoms with E-state index < -0.39 is 5.97 Å². The van der Waals surface area contributed by atoms with E-state index in [1.807, 2.05) is 31.2 Å². The van der Waals surface area contributed by atoms with Gasteiger partial charge in [-0.3, -0.25) is 4.99 Å². The number of carbonyl (C=O) groups is 1. The fourth-order valence-corrected chi connectivity index (χ4v) is 2.45.